The van der Waals surface area contributed by atoms with Crippen LogP contribution in [0.1, 0.15) is 23.8 Å². The molecule has 3 rings (SSSR count). The van der Waals surface area contributed by atoms with E-state index in [1.807, 2.05) is 12.1 Å². The Morgan fingerprint density at radius 3 is 2.80 bits per heavy atom. The molecule has 0 N–H and O–H groups in total. The fraction of sp³-hybridized carbons (Fsp3) is 0.200. The molecule has 1 aliphatic heterocycles. The fourth-order valence-corrected chi connectivity index (χ4v) is 2.61. The molecule has 1 saturated heterocycles. The molecule has 0 amide bonds. The summed E-state index contributed by atoms with van der Waals surface area (Å²) in [7, 11) is 0. The van der Waals surface area contributed by atoms with Crippen LogP contribution in [-0.4, -0.2) is 4.98 Å². The molecule has 2 atom stereocenters. The highest BCUT2D eigenvalue weighted by Gasteiger charge is 2.60. The van der Waals surface area contributed by atoms with E-state index in [4.69, 9.17) is 10.00 Å². The quantitative estimate of drug-likeness (QED) is 0.802. The van der Waals surface area contributed by atoms with Gasteiger partial charge in [-0.1, -0.05) is 18.2 Å². The van der Waals surface area contributed by atoms with Crippen LogP contribution in [0.4, 0.5) is 4.39 Å². The maximum absolute atomic E-state index is 14.0. The summed E-state index contributed by atoms with van der Waals surface area (Å²) in [6.07, 6.45) is 1.37. The maximum atomic E-state index is 14.0. The van der Waals surface area contributed by atoms with Gasteiger partial charge < -0.3 is 4.74 Å². The van der Waals surface area contributed by atoms with Crippen molar-refractivity contribution in [3.8, 4) is 6.07 Å². The van der Waals surface area contributed by atoms with Gasteiger partial charge in [-0.15, -0.1) is 0 Å². The first-order chi connectivity index (χ1) is 9.67. The van der Waals surface area contributed by atoms with Crippen LogP contribution in [0.3, 0.4) is 0 Å². The monoisotopic (exact) mass is 332 g/mol. The lowest BCUT2D eigenvalue weighted by Crippen LogP contribution is -2.12. The molecule has 1 aliphatic rings. The molecule has 0 spiro atoms. The Bertz CT molecular complexity index is 683. The van der Waals surface area contributed by atoms with E-state index in [0.29, 0.717) is 11.3 Å². The van der Waals surface area contributed by atoms with Crippen LogP contribution in [0.5, 0.6) is 0 Å². The zero-order chi connectivity index (χ0) is 14.2. The Hall–Kier alpha value is -1.77. The number of ether oxygens (including phenoxy) is 1. The van der Waals surface area contributed by atoms with Gasteiger partial charge >= 0.3 is 0 Å². The minimum Gasteiger partial charge on any atom is -0.353 e. The van der Waals surface area contributed by atoms with E-state index < -0.39 is 5.60 Å². The largest absolute Gasteiger partial charge is 0.353 e. The van der Waals surface area contributed by atoms with Crippen molar-refractivity contribution >= 4 is 15.9 Å². The average molecular weight is 333 g/mol. The molecule has 2 heterocycles. The molecule has 5 heteroatoms. The number of halogens is 2. The third kappa shape index (κ3) is 2.11. The first-order valence-corrected chi connectivity index (χ1v) is 6.88. The highest BCUT2D eigenvalue weighted by Crippen LogP contribution is 2.59. The Balaban J connectivity index is 1.99. The smallest absolute Gasteiger partial charge is 0.142 e. The Morgan fingerprint density at radius 2 is 2.15 bits per heavy atom. The van der Waals surface area contributed by atoms with Crippen LogP contribution >= 0.6 is 15.9 Å². The van der Waals surface area contributed by atoms with Crippen molar-refractivity contribution < 1.29 is 9.13 Å². The van der Waals surface area contributed by atoms with Gasteiger partial charge in [-0.05, 0) is 34.1 Å². The van der Waals surface area contributed by atoms with Crippen molar-refractivity contribution in [1.82, 2.24) is 4.98 Å². The van der Waals surface area contributed by atoms with E-state index in [1.165, 1.54) is 6.07 Å². The summed E-state index contributed by atoms with van der Waals surface area (Å²) < 4.78 is 20.5. The molecule has 0 bridgehead atoms. The van der Waals surface area contributed by atoms with Gasteiger partial charge in [0.05, 0.1) is 18.2 Å². The Morgan fingerprint density at radius 1 is 1.35 bits per heavy atom. The molecule has 2 aromatic rings. The van der Waals surface area contributed by atoms with Crippen molar-refractivity contribution in [3.63, 3.8) is 0 Å². The van der Waals surface area contributed by atoms with Crippen molar-refractivity contribution in [1.29, 1.82) is 5.26 Å². The van der Waals surface area contributed by atoms with Gasteiger partial charge in [0, 0.05) is 16.2 Å². The number of pyridine rings is 1. The lowest BCUT2D eigenvalue weighted by atomic mass is 9.90. The third-order valence-electron chi connectivity index (χ3n) is 3.38. The van der Waals surface area contributed by atoms with E-state index in [2.05, 4.69) is 27.0 Å². The van der Waals surface area contributed by atoms with Gasteiger partial charge in [0.15, 0.2) is 0 Å². The van der Waals surface area contributed by atoms with Crippen LogP contribution < -0.4 is 0 Å². The predicted molar refractivity (Wildman–Crippen MR) is 74.1 cm³/mol. The molecule has 0 radical (unpaired) electrons. The molecule has 1 fully saturated rings. The third-order valence-corrected chi connectivity index (χ3v) is 3.85. The van der Waals surface area contributed by atoms with Crippen LogP contribution in [0.15, 0.2) is 47.1 Å². The molecule has 20 heavy (non-hydrogen) atoms. The van der Waals surface area contributed by atoms with Gasteiger partial charge in [-0.25, -0.2) is 4.39 Å². The molecule has 2 unspecified atom stereocenters. The van der Waals surface area contributed by atoms with Gasteiger partial charge in [-0.2, -0.15) is 5.26 Å². The van der Waals surface area contributed by atoms with Gasteiger partial charge in [0.2, 0.25) is 0 Å². The minimum atomic E-state index is -0.916. The summed E-state index contributed by atoms with van der Waals surface area (Å²) in [6.45, 7) is 0. The molecular weight excluding hydrogens is 323 g/mol. The van der Waals surface area contributed by atoms with Crippen LogP contribution in [0, 0.1) is 17.1 Å². The van der Waals surface area contributed by atoms with Crippen molar-refractivity contribution in [3.05, 3.63) is 64.1 Å². The van der Waals surface area contributed by atoms with E-state index in [0.717, 1.165) is 4.47 Å². The summed E-state index contributed by atoms with van der Waals surface area (Å²) in [5, 5.41) is 9.02. The molecule has 100 valence electrons. The SMILES string of the molecule is N#CCC1(c2ccccc2F)OC1c1ccc(Br)cn1. The topological polar surface area (TPSA) is 49.2 Å². The van der Waals surface area contributed by atoms with Crippen LogP contribution in [-0.2, 0) is 10.3 Å². The Kier molecular flexibility index (Phi) is 3.28. The van der Waals surface area contributed by atoms with Crippen LogP contribution in [0.25, 0.3) is 0 Å². The standard InChI is InChI=1S/C15H10BrFN2O/c16-10-5-6-13(19-9-10)14-15(20-14,7-8-18)11-3-1-2-4-12(11)17/h1-6,9,14H,7H2. The minimum absolute atomic E-state index is 0.0936. The van der Waals surface area contributed by atoms with E-state index in [9.17, 15) is 4.39 Å². The average Bonchev–Trinajstić information content (AvgIpc) is 3.16. The highest BCUT2D eigenvalue weighted by molar-refractivity contribution is 9.10. The van der Waals surface area contributed by atoms with Gasteiger partial charge in [-0.3, -0.25) is 4.98 Å². The van der Waals surface area contributed by atoms with Crippen molar-refractivity contribution in [2.45, 2.75) is 18.1 Å². The normalized spacial score (nSPS) is 24.1. The molecular formula is C15H10BrFN2O. The summed E-state index contributed by atoms with van der Waals surface area (Å²) in [5.41, 5.74) is 0.198. The summed E-state index contributed by atoms with van der Waals surface area (Å²) in [6, 6.07) is 12.1. The predicted octanol–water partition coefficient (Wildman–Crippen LogP) is 3.86. The van der Waals surface area contributed by atoms with Gasteiger partial charge in [0.1, 0.15) is 17.5 Å². The number of aromatic nitrogens is 1. The number of nitriles is 1. The number of rotatable bonds is 3. The molecule has 1 aromatic carbocycles. The molecule has 1 aromatic heterocycles. The zero-order valence-electron chi connectivity index (χ0n) is 10.4. The maximum Gasteiger partial charge on any atom is 0.142 e. The number of hydrogen-bond acceptors (Lipinski definition) is 3. The van der Waals surface area contributed by atoms with Gasteiger partial charge in [0.25, 0.3) is 0 Å². The van der Waals surface area contributed by atoms with E-state index in [-0.39, 0.29) is 18.3 Å². The number of epoxide rings is 1. The second-order valence-electron chi connectivity index (χ2n) is 4.60. The summed E-state index contributed by atoms with van der Waals surface area (Å²) in [4.78, 5) is 4.27. The Labute approximate surface area is 124 Å². The number of nitrogens with zero attached hydrogens (tertiary/aromatic N) is 2. The second kappa shape index (κ2) is 4.97. The first kappa shape index (κ1) is 13.2. The highest BCUT2D eigenvalue weighted by atomic mass is 79.9. The summed E-state index contributed by atoms with van der Waals surface area (Å²) >= 11 is 3.32. The summed E-state index contributed by atoms with van der Waals surface area (Å²) in [5.74, 6) is -0.359. The lowest BCUT2D eigenvalue weighted by Gasteiger charge is -2.10. The second-order valence-corrected chi connectivity index (χ2v) is 5.52. The number of hydrogen-bond donors (Lipinski definition) is 0. The van der Waals surface area contributed by atoms with E-state index in [1.54, 1.807) is 24.4 Å². The zero-order valence-corrected chi connectivity index (χ0v) is 12.0. The lowest BCUT2D eigenvalue weighted by molar-refractivity contribution is 0.293. The molecule has 3 nitrogen and oxygen atoms in total. The molecule has 0 saturated carbocycles. The first-order valence-electron chi connectivity index (χ1n) is 6.08. The molecule has 0 aliphatic carbocycles. The van der Waals surface area contributed by atoms with Crippen molar-refractivity contribution in [2.75, 3.05) is 0 Å². The van der Waals surface area contributed by atoms with Crippen LogP contribution in [0.2, 0.25) is 0 Å². The number of benzene rings is 1. The van der Waals surface area contributed by atoms with Crippen molar-refractivity contribution in [2.24, 2.45) is 0 Å². The fourth-order valence-electron chi connectivity index (χ4n) is 2.37. The van der Waals surface area contributed by atoms with E-state index >= 15 is 0 Å².